The number of ether oxygens (including phenoxy) is 1. The van der Waals surface area contributed by atoms with Crippen molar-refractivity contribution in [2.45, 2.75) is 38.8 Å². The molecule has 0 spiro atoms. The van der Waals surface area contributed by atoms with Crippen molar-refractivity contribution in [1.82, 2.24) is 10.2 Å². The standard InChI is InChI=1S/C16H25FN2O/c1-3-19(12-14-6-4-5-9-18-14)11-13-7-8-16(20-2)15(17)10-13/h7-8,10,14,18H,3-6,9,11-12H2,1-2H3. The Hall–Kier alpha value is -1.13. The minimum absolute atomic E-state index is 0.281. The van der Waals surface area contributed by atoms with Crippen LogP contribution in [-0.2, 0) is 6.54 Å². The van der Waals surface area contributed by atoms with Gasteiger partial charge >= 0.3 is 0 Å². The number of nitrogens with zero attached hydrogens (tertiary/aromatic N) is 1. The third-order valence-corrected chi connectivity index (χ3v) is 3.96. The summed E-state index contributed by atoms with van der Waals surface area (Å²) in [4.78, 5) is 2.37. The first kappa shape index (κ1) is 15.3. The normalized spacial score (nSPS) is 19.3. The van der Waals surface area contributed by atoms with E-state index in [2.05, 4.69) is 17.1 Å². The monoisotopic (exact) mass is 280 g/mol. The van der Waals surface area contributed by atoms with E-state index in [4.69, 9.17) is 4.74 Å². The van der Waals surface area contributed by atoms with E-state index in [1.165, 1.54) is 26.4 Å². The molecule has 20 heavy (non-hydrogen) atoms. The van der Waals surface area contributed by atoms with Gasteiger partial charge in [-0.05, 0) is 43.6 Å². The van der Waals surface area contributed by atoms with E-state index >= 15 is 0 Å². The fourth-order valence-corrected chi connectivity index (χ4v) is 2.76. The van der Waals surface area contributed by atoms with E-state index < -0.39 is 0 Å². The van der Waals surface area contributed by atoms with Crippen molar-refractivity contribution in [3.8, 4) is 5.75 Å². The number of nitrogens with one attached hydrogen (secondary N) is 1. The Kier molecular flexibility index (Phi) is 5.80. The molecular weight excluding hydrogens is 255 g/mol. The number of hydrogen-bond acceptors (Lipinski definition) is 3. The van der Waals surface area contributed by atoms with Crippen LogP contribution in [0, 0.1) is 5.82 Å². The fourth-order valence-electron chi connectivity index (χ4n) is 2.76. The molecule has 0 amide bonds. The molecule has 1 unspecified atom stereocenters. The van der Waals surface area contributed by atoms with Gasteiger partial charge in [-0.3, -0.25) is 4.90 Å². The molecule has 1 aromatic rings. The van der Waals surface area contributed by atoms with Gasteiger partial charge in [0.1, 0.15) is 0 Å². The molecule has 1 aliphatic heterocycles. The Bertz CT molecular complexity index is 419. The van der Waals surface area contributed by atoms with E-state index in [1.807, 2.05) is 6.07 Å². The summed E-state index contributed by atoms with van der Waals surface area (Å²) in [6.07, 6.45) is 3.84. The first-order valence-corrected chi connectivity index (χ1v) is 7.51. The summed E-state index contributed by atoms with van der Waals surface area (Å²) in [6, 6.07) is 5.80. The number of benzene rings is 1. The Morgan fingerprint density at radius 2 is 2.25 bits per heavy atom. The molecule has 0 aromatic heterocycles. The van der Waals surface area contributed by atoms with Gasteiger partial charge in [-0.2, -0.15) is 0 Å². The molecule has 1 aliphatic rings. The van der Waals surface area contributed by atoms with Crippen molar-refractivity contribution in [3.05, 3.63) is 29.6 Å². The third-order valence-electron chi connectivity index (χ3n) is 3.96. The highest BCUT2D eigenvalue weighted by Gasteiger charge is 2.16. The molecule has 1 aromatic carbocycles. The molecule has 1 heterocycles. The lowest BCUT2D eigenvalue weighted by molar-refractivity contribution is 0.226. The fraction of sp³-hybridized carbons (Fsp3) is 0.625. The molecular formula is C16H25FN2O. The van der Waals surface area contributed by atoms with Crippen LogP contribution < -0.4 is 10.1 Å². The van der Waals surface area contributed by atoms with Crippen molar-refractivity contribution in [3.63, 3.8) is 0 Å². The number of piperidine rings is 1. The topological polar surface area (TPSA) is 24.5 Å². The summed E-state index contributed by atoms with van der Waals surface area (Å²) >= 11 is 0. The molecule has 2 rings (SSSR count). The van der Waals surface area contributed by atoms with Crippen LogP contribution in [-0.4, -0.2) is 37.7 Å². The van der Waals surface area contributed by atoms with Crippen LogP contribution >= 0.6 is 0 Å². The van der Waals surface area contributed by atoms with Gasteiger partial charge in [-0.25, -0.2) is 4.39 Å². The van der Waals surface area contributed by atoms with E-state index in [-0.39, 0.29) is 5.82 Å². The van der Waals surface area contributed by atoms with Crippen LogP contribution in [0.15, 0.2) is 18.2 Å². The molecule has 0 bridgehead atoms. The van der Waals surface area contributed by atoms with Gasteiger partial charge in [0.25, 0.3) is 0 Å². The average molecular weight is 280 g/mol. The second-order valence-corrected chi connectivity index (χ2v) is 5.44. The zero-order valence-corrected chi connectivity index (χ0v) is 12.5. The largest absolute Gasteiger partial charge is 0.494 e. The van der Waals surface area contributed by atoms with E-state index in [1.54, 1.807) is 12.1 Å². The summed E-state index contributed by atoms with van der Waals surface area (Å²) < 4.78 is 18.7. The highest BCUT2D eigenvalue weighted by Crippen LogP contribution is 2.19. The first-order valence-electron chi connectivity index (χ1n) is 7.51. The van der Waals surface area contributed by atoms with Crippen molar-refractivity contribution in [2.24, 2.45) is 0 Å². The average Bonchev–Trinajstić information content (AvgIpc) is 2.48. The second kappa shape index (κ2) is 7.60. The molecule has 0 radical (unpaired) electrons. The van der Waals surface area contributed by atoms with Gasteiger partial charge < -0.3 is 10.1 Å². The minimum Gasteiger partial charge on any atom is -0.494 e. The van der Waals surface area contributed by atoms with Gasteiger partial charge in [0.2, 0.25) is 0 Å². The van der Waals surface area contributed by atoms with E-state index in [0.717, 1.165) is 31.7 Å². The van der Waals surface area contributed by atoms with Crippen LogP contribution in [0.1, 0.15) is 31.7 Å². The highest BCUT2D eigenvalue weighted by atomic mass is 19.1. The number of methoxy groups -OCH3 is 1. The zero-order valence-electron chi connectivity index (χ0n) is 12.5. The lowest BCUT2D eigenvalue weighted by atomic mass is 10.0. The van der Waals surface area contributed by atoms with Crippen molar-refractivity contribution >= 4 is 0 Å². The van der Waals surface area contributed by atoms with Crippen molar-refractivity contribution in [1.29, 1.82) is 0 Å². The van der Waals surface area contributed by atoms with E-state index in [9.17, 15) is 4.39 Å². The molecule has 3 nitrogen and oxygen atoms in total. The maximum Gasteiger partial charge on any atom is 0.165 e. The second-order valence-electron chi connectivity index (χ2n) is 5.44. The van der Waals surface area contributed by atoms with Crippen LogP contribution in [0.3, 0.4) is 0 Å². The van der Waals surface area contributed by atoms with E-state index in [0.29, 0.717) is 11.8 Å². The van der Waals surface area contributed by atoms with Crippen LogP contribution in [0.25, 0.3) is 0 Å². The minimum atomic E-state index is -0.281. The zero-order chi connectivity index (χ0) is 14.4. The number of likely N-dealkylation sites (N-methyl/N-ethyl adjacent to an activating group) is 1. The smallest absolute Gasteiger partial charge is 0.165 e. The number of rotatable bonds is 6. The molecule has 1 fully saturated rings. The SMILES string of the molecule is CCN(Cc1ccc(OC)c(F)c1)CC1CCCCN1. The highest BCUT2D eigenvalue weighted by molar-refractivity contribution is 5.29. The Morgan fingerprint density at radius 1 is 1.40 bits per heavy atom. The Balaban J connectivity index is 1.93. The molecule has 1 atom stereocenters. The first-order chi connectivity index (χ1) is 9.72. The predicted octanol–water partition coefficient (Wildman–Crippen LogP) is 2.80. The summed E-state index contributed by atoms with van der Waals surface area (Å²) in [6.45, 7) is 6.08. The van der Waals surface area contributed by atoms with Gasteiger partial charge in [-0.15, -0.1) is 0 Å². The molecule has 0 saturated carbocycles. The third kappa shape index (κ3) is 4.18. The van der Waals surface area contributed by atoms with Crippen molar-refractivity contribution in [2.75, 3.05) is 26.7 Å². The van der Waals surface area contributed by atoms with Crippen molar-refractivity contribution < 1.29 is 9.13 Å². The predicted molar refractivity (Wildman–Crippen MR) is 79.5 cm³/mol. The number of hydrogen-bond donors (Lipinski definition) is 1. The number of halogens is 1. The van der Waals surface area contributed by atoms with Gasteiger partial charge in [0.05, 0.1) is 7.11 Å². The maximum atomic E-state index is 13.7. The lowest BCUT2D eigenvalue weighted by Crippen LogP contribution is -2.43. The summed E-state index contributed by atoms with van der Waals surface area (Å²) in [7, 11) is 1.49. The van der Waals surface area contributed by atoms with Gasteiger partial charge in [0.15, 0.2) is 11.6 Å². The molecule has 112 valence electrons. The lowest BCUT2D eigenvalue weighted by Gasteiger charge is -2.30. The molecule has 4 heteroatoms. The Labute approximate surface area is 121 Å². The summed E-state index contributed by atoms with van der Waals surface area (Å²) in [5, 5.41) is 3.56. The molecule has 1 N–H and O–H groups in total. The summed E-state index contributed by atoms with van der Waals surface area (Å²) in [5.41, 5.74) is 1.00. The van der Waals surface area contributed by atoms with Gasteiger partial charge in [0, 0.05) is 19.1 Å². The molecule has 1 saturated heterocycles. The van der Waals surface area contributed by atoms with Gasteiger partial charge in [-0.1, -0.05) is 19.4 Å². The maximum absolute atomic E-state index is 13.7. The summed E-state index contributed by atoms with van der Waals surface area (Å²) in [5.74, 6) is 0.0302. The quantitative estimate of drug-likeness (QED) is 0.867. The van der Waals surface area contributed by atoms with Crippen LogP contribution in [0.5, 0.6) is 5.75 Å². The van der Waals surface area contributed by atoms with Crippen LogP contribution in [0.4, 0.5) is 4.39 Å². The Morgan fingerprint density at radius 3 is 2.85 bits per heavy atom. The molecule has 0 aliphatic carbocycles. The van der Waals surface area contributed by atoms with Crippen LogP contribution in [0.2, 0.25) is 0 Å².